The molecule has 1 aromatic heterocycles. The van der Waals surface area contributed by atoms with E-state index in [9.17, 15) is 18.8 Å². The van der Waals surface area contributed by atoms with Gasteiger partial charge in [0.1, 0.15) is 10.8 Å². The number of hydrogen-bond donors (Lipinski definition) is 2. The normalized spacial score (nSPS) is 12.9. The molecule has 0 aliphatic carbocycles. The number of nitrogens with one attached hydrogen (secondary N) is 2. The lowest BCUT2D eigenvalue weighted by atomic mass is 10.0. The molecule has 3 rings (SSSR count). The average molecular weight is 391 g/mol. The minimum Gasteiger partial charge on any atom is -0.453 e. The summed E-state index contributed by atoms with van der Waals surface area (Å²) in [6.45, 7) is 0.712. The van der Waals surface area contributed by atoms with Gasteiger partial charge in [0.2, 0.25) is 0 Å². The van der Waals surface area contributed by atoms with Gasteiger partial charge in [-0.3, -0.25) is 9.59 Å². The van der Waals surface area contributed by atoms with E-state index in [4.69, 9.17) is 4.74 Å². The molecule has 9 heteroatoms. The number of thiophene rings is 1. The summed E-state index contributed by atoms with van der Waals surface area (Å²) in [5, 5.41) is 5.65. The summed E-state index contributed by atoms with van der Waals surface area (Å²) < 4.78 is 18.1. The third-order valence-electron chi connectivity index (χ3n) is 4.26. The van der Waals surface area contributed by atoms with Crippen LogP contribution in [-0.4, -0.2) is 43.5 Å². The molecule has 1 aliphatic rings. The van der Waals surface area contributed by atoms with E-state index < -0.39 is 17.8 Å². The molecule has 0 fully saturated rings. The summed E-state index contributed by atoms with van der Waals surface area (Å²) in [4.78, 5) is 39.0. The smallest absolute Gasteiger partial charge is 0.409 e. The Kier molecular flexibility index (Phi) is 5.41. The second-order valence-corrected chi connectivity index (χ2v) is 7.00. The van der Waals surface area contributed by atoms with Crippen molar-refractivity contribution in [3.63, 3.8) is 0 Å². The largest absolute Gasteiger partial charge is 0.453 e. The standard InChI is InChI=1S/C18H18FN3O4S/c1-20-16(24)14-12-6-7-22(18(25)26-2)9-13(12)27-17(14)21-15(23)10-4-3-5-11(19)8-10/h3-5,8H,6-7,9H2,1-2H3,(H,20,24)(H,21,23). The molecule has 1 aromatic carbocycles. The number of benzene rings is 1. The second kappa shape index (κ2) is 7.75. The lowest BCUT2D eigenvalue weighted by Crippen LogP contribution is -2.35. The molecule has 0 unspecified atom stereocenters. The van der Waals surface area contributed by atoms with Crippen LogP contribution in [0.5, 0.6) is 0 Å². The molecular weight excluding hydrogens is 373 g/mol. The fourth-order valence-electron chi connectivity index (χ4n) is 2.95. The molecule has 0 radical (unpaired) electrons. The zero-order valence-electron chi connectivity index (χ0n) is 14.8. The molecule has 1 aliphatic heterocycles. The number of carbonyl (C=O) groups is 3. The Morgan fingerprint density at radius 3 is 2.70 bits per heavy atom. The van der Waals surface area contributed by atoms with E-state index >= 15 is 0 Å². The average Bonchev–Trinajstić information content (AvgIpc) is 3.03. The zero-order valence-corrected chi connectivity index (χ0v) is 15.6. The van der Waals surface area contributed by atoms with E-state index in [0.29, 0.717) is 30.1 Å². The number of methoxy groups -OCH3 is 1. The van der Waals surface area contributed by atoms with Gasteiger partial charge in [0.25, 0.3) is 11.8 Å². The Morgan fingerprint density at radius 2 is 2.04 bits per heavy atom. The van der Waals surface area contributed by atoms with E-state index in [2.05, 4.69) is 10.6 Å². The lowest BCUT2D eigenvalue weighted by molar-refractivity contribution is 0.0962. The van der Waals surface area contributed by atoms with Gasteiger partial charge in [-0.15, -0.1) is 11.3 Å². The number of hydrogen-bond acceptors (Lipinski definition) is 5. The monoisotopic (exact) mass is 391 g/mol. The molecule has 2 heterocycles. The summed E-state index contributed by atoms with van der Waals surface area (Å²) in [7, 11) is 2.82. The molecule has 142 valence electrons. The van der Waals surface area contributed by atoms with Crippen LogP contribution in [0.1, 0.15) is 31.2 Å². The SMILES string of the molecule is CNC(=O)c1c(NC(=O)c2cccc(F)c2)sc2c1CCN(C(=O)OC)C2. The van der Waals surface area contributed by atoms with Crippen molar-refractivity contribution in [3.8, 4) is 0 Å². The summed E-state index contributed by atoms with van der Waals surface area (Å²) in [5.74, 6) is -1.36. The van der Waals surface area contributed by atoms with Gasteiger partial charge in [0.05, 0.1) is 19.2 Å². The van der Waals surface area contributed by atoms with Crippen LogP contribution in [0, 0.1) is 5.82 Å². The lowest BCUT2D eigenvalue weighted by Gasteiger charge is -2.25. The van der Waals surface area contributed by atoms with E-state index in [1.807, 2.05) is 0 Å². The van der Waals surface area contributed by atoms with E-state index in [1.165, 1.54) is 48.6 Å². The summed E-state index contributed by atoms with van der Waals surface area (Å²) in [6, 6.07) is 5.31. The molecule has 0 spiro atoms. The highest BCUT2D eigenvalue weighted by Crippen LogP contribution is 2.37. The van der Waals surface area contributed by atoms with E-state index in [0.717, 1.165) is 16.5 Å². The molecule has 0 atom stereocenters. The first kappa shape index (κ1) is 18.8. The Hall–Kier alpha value is -2.94. The summed E-state index contributed by atoms with van der Waals surface area (Å²) >= 11 is 1.23. The predicted octanol–water partition coefficient (Wildman–Crippen LogP) is 2.62. The van der Waals surface area contributed by atoms with Gasteiger partial charge in [-0.1, -0.05) is 6.07 Å². The van der Waals surface area contributed by atoms with Crippen LogP contribution in [-0.2, 0) is 17.7 Å². The zero-order chi connectivity index (χ0) is 19.6. The number of fused-ring (bicyclic) bond motifs is 1. The topological polar surface area (TPSA) is 87.7 Å². The quantitative estimate of drug-likeness (QED) is 0.842. The van der Waals surface area contributed by atoms with E-state index in [-0.39, 0.29) is 11.5 Å². The van der Waals surface area contributed by atoms with Crippen LogP contribution in [0.2, 0.25) is 0 Å². The Morgan fingerprint density at radius 1 is 1.26 bits per heavy atom. The molecule has 2 aromatic rings. The maximum atomic E-state index is 13.4. The second-order valence-electron chi connectivity index (χ2n) is 5.89. The third-order valence-corrected chi connectivity index (χ3v) is 5.39. The van der Waals surface area contributed by atoms with Crippen molar-refractivity contribution in [3.05, 3.63) is 51.7 Å². The van der Waals surface area contributed by atoms with E-state index in [1.54, 1.807) is 0 Å². The van der Waals surface area contributed by atoms with Crippen molar-refractivity contribution in [2.45, 2.75) is 13.0 Å². The van der Waals surface area contributed by atoms with Gasteiger partial charge in [-0.2, -0.15) is 0 Å². The first-order valence-electron chi connectivity index (χ1n) is 8.21. The van der Waals surface area contributed by atoms with Crippen LogP contribution in [0.25, 0.3) is 0 Å². The Bertz CT molecular complexity index is 912. The van der Waals surface area contributed by atoms with Crippen molar-refractivity contribution in [2.75, 3.05) is 26.0 Å². The maximum absolute atomic E-state index is 13.4. The molecular formula is C18H18FN3O4S. The molecule has 27 heavy (non-hydrogen) atoms. The minimum atomic E-state index is -0.520. The number of nitrogens with zero attached hydrogens (tertiary/aromatic N) is 1. The van der Waals surface area contributed by atoms with Crippen LogP contribution < -0.4 is 10.6 Å². The summed E-state index contributed by atoms with van der Waals surface area (Å²) in [6.07, 6.45) is 0.0281. The molecule has 0 saturated heterocycles. The highest BCUT2D eigenvalue weighted by Gasteiger charge is 2.30. The van der Waals surface area contributed by atoms with Crippen LogP contribution >= 0.6 is 11.3 Å². The predicted molar refractivity (Wildman–Crippen MR) is 98.6 cm³/mol. The number of halogens is 1. The van der Waals surface area contributed by atoms with Crippen molar-refractivity contribution >= 4 is 34.2 Å². The molecule has 2 N–H and O–H groups in total. The number of carbonyl (C=O) groups excluding carboxylic acids is 3. The van der Waals surface area contributed by atoms with Crippen LogP contribution in [0.4, 0.5) is 14.2 Å². The summed E-state index contributed by atoms with van der Waals surface area (Å²) in [5.41, 5.74) is 1.33. The number of amides is 3. The van der Waals surface area contributed by atoms with Crippen LogP contribution in [0.15, 0.2) is 24.3 Å². The highest BCUT2D eigenvalue weighted by molar-refractivity contribution is 7.17. The first-order valence-corrected chi connectivity index (χ1v) is 9.02. The molecule has 0 bridgehead atoms. The van der Waals surface area contributed by atoms with Gasteiger partial charge >= 0.3 is 6.09 Å². The fourth-order valence-corrected chi connectivity index (χ4v) is 4.20. The van der Waals surface area contributed by atoms with Gasteiger partial charge in [0, 0.05) is 24.0 Å². The van der Waals surface area contributed by atoms with Gasteiger partial charge < -0.3 is 20.3 Å². The maximum Gasteiger partial charge on any atom is 0.409 e. The number of anilines is 1. The minimum absolute atomic E-state index is 0.153. The van der Waals surface area contributed by atoms with Crippen LogP contribution in [0.3, 0.4) is 0 Å². The van der Waals surface area contributed by atoms with Crippen molar-refractivity contribution in [1.29, 1.82) is 0 Å². The van der Waals surface area contributed by atoms with Gasteiger partial charge in [-0.25, -0.2) is 9.18 Å². The van der Waals surface area contributed by atoms with Gasteiger partial charge in [-0.05, 0) is 30.2 Å². The fraction of sp³-hybridized carbons (Fsp3) is 0.278. The van der Waals surface area contributed by atoms with Crippen molar-refractivity contribution in [2.24, 2.45) is 0 Å². The Labute approximate surface area is 159 Å². The first-order chi connectivity index (χ1) is 12.9. The molecule has 0 saturated carbocycles. The Balaban J connectivity index is 1.93. The number of rotatable bonds is 3. The van der Waals surface area contributed by atoms with Crippen molar-refractivity contribution < 1.29 is 23.5 Å². The highest BCUT2D eigenvalue weighted by atomic mass is 32.1. The third kappa shape index (κ3) is 3.77. The molecule has 3 amide bonds. The van der Waals surface area contributed by atoms with Gasteiger partial charge in [0.15, 0.2) is 0 Å². The van der Waals surface area contributed by atoms with Crippen molar-refractivity contribution in [1.82, 2.24) is 10.2 Å². The number of ether oxygens (including phenoxy) is 1. The molecule has 7 nitrogen and oxygen atoms in total.